The van der Waals surface area contributed by atoms with Crippen molar-refractivity contribution in [3.63, 3.8) is 0 Å². The molecule has 1 fully saturated rings. The molecule has 1 aromatic carbocycles. The Morgan fingerprint density at radius 3 is 2.40 bits per heavy atom. The molecular weight excluding hydrogens is 421 g/mol. The highest BCUT2D eigenvalue weighted by molar-refractivity contribution is 7.90. The maximum Gasteiger partial charge on any atom is 0.573 e. The molecule has 1 aromatic heterocycles. The van der Waals surface area contributed by atoms with E-state index < -0.39 is 16.2 Å². The van der Waals surface area contributed by atoms with Crippen LogP contribution in [0.5, 0.6) is 5.75 Å². The normalized spacial score (nSPS) is 19.4. The fraction of sp³-hybridized carbons (Fsp3) is 0.474. The Labute approximate surface area is 172 Å². The highest BCUT2D eigenvalue weighted by Crippen LogP contribution is 2.25. The van der Waals surface area contributed by atoms with E-state index in [1.54, 1.807) is 12.1 Å². The van der Waals surface area contributed by atoms with E-state index in [1.165, 1.54) is 12.1 Å². The second kappa shape index (κ2) is 8.03. The van der Waals surface area contributed by atoms with E-state index in [0.717, 1.165) is 29.9 Å². The Morgan fingerprint density at radius 1 is 1.03 bits per heavy atom. The number of aryl methyl sites for hydroxylation is 1. The average molecular weight is 442 g/mol. The summed E-state index contributed by atoms with van der Waals surface area (Å²) in [6.45, 7) is 3.52. The van der Waals surface area contributed by atoms with E-state index in [0.29, 0.717) is 31.9 Å². The van der Waals surface area contributed by atoms with E-state index in [-0.39, 0.29) is 17.3 Å². The van der Waals surface area contributed by atoms with Gasteiger partial charge in [0, 0.05) is 39.1 Å². The molecule has 0 saturated carbocycles. The number of aromatic nitrogens is 2. The molecule has 0 N–H and O–H groups in total. The number of halogens is 3. The third-order valence-corrected chi connectivity index (χ3v) is 6.81. The molecule has 4 rings (SSSR count). The number of rotatable bonds is 4. The first-order chi connectivity index (χ1) is 14.2. The first-order valence-corrected chi connectivity index (χ1v) is 11.4. The first kappa shape index (κ1) is 20.9. The molecule has 2 aromatic rings. The predicted octanol–water partition coefficient (Wildman–Crippen LogP) is 2.17. The van der Waals surface area contributed by atoms with E-state index in [2.05, 4.69) is 24.7 Å². The Morgan fingerprint density at radius 2 is 1.73 bits per heavy atom. The van der Waals surface area contributed by atoms with Gasteiger partial charge >= 0.3 is 6.36 Å². The van der Waals surface area contributed by atoms with Gasteiger partial charge in [-0.05, 0) is 29.3 Å². The number of fused-ring (bicyclic) bond motifs is 1. The smallest absolute Gasteiger partial charge is 0.406 e. The van der Waals surface area contributed by atoms with Gasteiger partial charge in [0.25, 0.3) is 0 Å². The van der Waals surface area contributed by atoms with Crippen molar-refractivity contribution in [3.05, 3.63) is 47.2 Å². The first-order valence-electron chi connectivity index (χ1n) is 9.55. The summed E-state index contributed by atoms with van der Waals surface area (Å²) in [6, 6.07) is 7.71. The summed E-state index contributed by atoms with van der Waals surface area (Å²) in [5.74, 6) is 0.581. The second-order valence-corrected chi connectivity index (χ2v) is 9.66. The number of piperazine rings is 1. The minimum absolute atomic E-state index is 0.0128. The van der Waals surface area contributed by atoms with Crippen LogP contribution in [0.4, 0.5) is 19.0 Å². The molecule has 0 atom stereocenters. The fourth-order valence-electron chi connectivity index (χ4n) is 3.68. The molecule has 2 aliphatic rings. The van der Waals surface area contributed by atoms with Crippen molar-refractivity contribution in [2.24, 2.45) is 0 Å². The number of hydrogen-bond donors (Lipinski definition) is 0. The molecule has 0 aliphatic carbocycles. The summed E-state index contributed by atoms with van der Waals surface area (Å²) < 4.78 is 64.4. The summed E-state index contributed by atoms with van der Waals surface area (Å²) in [6.07, 6.45) is -4.28. The molecule has 0 amide bonds. The van der Waals surface area contributed by atoms with Gasteiger partial charge in [-0.3, -0.25) is 4.90 Å². The molecule has 11 heteroatoms. The Bertz CT molecular complexity index is 1000. The zero-order chi connectivity index (χ0) is 21.4. The van der Waals surface area contributed by atoms with Crippen LogP contribution in [0.15, 0.2) is 30.3 Å². The van der Waals surface area contributed by atoms with Gasteiger partial charge in [-0.1, -0.05) is 12.1 Å². The maximum atomic E-state index is 12.2. The van der Waals surface area contributed by atoms with Crippen molar-refractivity contribution in [2.45, 2.75) is 25.1 Å². The van der Waals surface area contributed by atoms with E-state index >= 15 is 0 Å². The number of ether oxygens (including phenoxy) is 1. The van der Waals surface area contributed by atoms with Crippen molar-refractivity contribution in [1.29, 1.82) is 0 Å². The van der Waals surface area contributed by atoms with Crippen LogP contribution < -0.4 is 9.64 Å². The lowest BCUT2D eigenvalue weighted by molar-refractivity contribution is -0.274. The predicted molar refractivity (Wildman–Crippen MR) is 104 cm³/mol. The van der Waals surface area contributed by atoms with Crippen molar-refractivity contribution >= 4 is 15.7 Å². The molecule has 0 unspecified atom stereocenters. The van der Waals surface area contributed by atoms with E-state index in [4.69, 9.17) is 0 Å². The topological polar surface area (TPSA) is 75.6 Å². The maximum absolute atomic E-state index is 12.2. The number of benzene rings is 1. The minimum atomic E-state index is -4.69. The van der Waals surface area contributed by atoms with E-state index in [9.17, 15) is 21.6 Å². The molecule has 1 saturated heterocycles. The van der Waals surface area contributed by atoms with Gasteiger partial charge in [-0.2, -0.15) is 5.10 Å². The standard InChI is InChI=1S/C19H21F3N4O3S/c20-19(21,22)29-16-3-1-14(2-4-16)12-25-6-8-26(9-7-25)18-11-15-13-30(27,28)10-5-17(15)23-24-18/h1-4,11H,5-10,12-13H2. The van der Waals surface area contributed by atoms with Gasteiger partial charge < -0.3 is 9.64 Å². The molecule has 30 heavy (non-hydrogen) atoms. The largest absolute Gasteiger partial charge is 0.573 e. The lowest BCUT2D eigenvalue weighted by Gasteiger charge is -2.35. The van der Waals surface area contributed by atoms with E-state index in [1.807, 2.05) is 6.07 Å². The van der Waals surface area contributed by atoms with Gasteiger partial charge in [-0.15, -0.1) is 18.3 Å². The molecule has 162 valence electrons. The zero-order valence-electron chi connectivity index (χ0n) is 16.1. The number of hydrogen-bond acceptors (Lipinski definition) is 7. The molecule has 0 bridgehead atoms. The lowest BCUT2D eigenvalue weighted by atomic mass is 10.1. The Balaban J connectivity index is 1.33. The molecule has 0 radical (unpaired) electrons. The third-order valence-electron chi connectivity index (χ3n) is 5.23. The fourth-order valence-corrected chi connectivity index (χ4v) is 5.06. The average Bonchev–Trinajstić information content (AvgIpc) is 2.68. The molecule has 0 spiro atoms. The van der Waals surface area contributed by atoms with Gasteiger partial charge in [0.15, 0.2) is 15.7 Å². The van der Waals surface area contributed by atoms with Crippen molar-refractivity contribution in [1.82, 2.24) is 15.1 Å². The minimum Gasteiger partial charge on any atom is -0.406 e. The number of nitrogens with zero attached hydrogens (tertiary/aromatic N) is 4. The quantitative estimate of drug-likeness (QED) is 0.718. The third kappa shape index (κ3) is 5.20. The summed E-state index contributed by atoms with van der Waals surface area (Å²) in [4.78, 5) is 4.28. The molecular formula is C19H21F3N4O3S. The summed E-state index contributed by atoms with van der Waals surface area (Å²) in [5, 5.41) is 8.49. The summed E-state index contributed by atoms with van der Waals surface area (Å²) >= 11 is 0. The van der Waals surface area contributed by atoms with Crippen LogP contribution in [-0.4, -0.2) is 61.8 Å². The van der Waals surface area contributed by atoms with Crippen LogP contribution >= 0.6 is 0 Å². The van der Waals surface area contributed by atoms with Crippen molar-refractivity contribution in [2.75, 3.05) is 36.8 Å². The molecule has 7 nitrogen and oxygen atoms in total. The zero-order valence-corrected chi connectivity index (χ0v) is 16.9. The monoisotopic (exact) mass is 442 g/mol. The van der Waals surface area contributed by atoms with Gasteiger partial charge in [0.05, 0.1) is 17.2 Å². The van der Waals surface area contributed by atoms with Gasteiger partial charge in [0.2, 0.25) is 0 Å². The highest BCUT2D eigenvalue weighted by Gasteiger charge is 2.31. The van der Waals surface area contributed by atoms with Crippen LogP contribution in [0.1, 0.15) is 16.8 Å². The Kier molecular flexibility index (Phi) is 5.58. The summed E-state index contributed by atoms with van der Waals surface area (Å²) in [5.41, 5.74) is 2.39. The second-order valence-electron chi connectivity index (χ2n) is 7.47. The van der Waals surface area contributed by atoms with Crippen LogP contribution in [-0.2, 0) is 28.6 Å². The molecule has 2 aliphatic heterocycles. The van der Waals surface area contributed by atoms with Crippen LogP contribution in [0.2, 0.25) is 0 Å². The lowest BCUT2D eigenvalue weighted by Crippen LogP contribution is -2.46. The van der Waals surface area contributed by atoms with Crippen LogP contribution in [0.3, 0.4) is 0 Å². The van der Waals surface area contributed by atoms with Crippen LogP contribution in [0.25, 0.3) is 0 Å². The number of anilines is 1. The number of sulfone groups is 1. The summed E-state index contributed by atoms with van der Waals surface area (Å²) in [7, 11) is -3.07. The van der Waals surface area contributed by atoms with Gasteiger partial charge in [0.1, 0.15) is 5.75 Å². The number of alkyl halides is 3. The van der Waals surface area contributed by atoms with Crippen molar-refractivity contribution in [3.8, 4) is 5.75 Å². The highest BCUT2D eigenvalue weighted by atomic mass is 32.2. The molecule has 3 heterocycles. The van der Waals surface area contributed by atoms with Gasteiger partial charge in [-0.25, -0.2) is 8.42 Å². The van der Waals surface area contributed by atoms with Crippen LogP contribution in [0, 0.1) is 0 Å². The van der Waals surface area contributed by atoms with Crippen molar-refractivity contribution < 1.29 is 26.3 Å². The SMILES string of the molecule is O=S1(=O)CCc2nnc(N3CCN(Cc4ccc(OC(F)(F)F)cc4)CC3)cc2C1. The Hall–Kier alpha value is -2.40.